The Morgan fingerprint density at radius 2 is 2.00 bits per heavy atom. The zero-order valence-corrected chi connectivity index (χ0v) is 14.3. The largest absolute Gasteiger partial charge is 0.316 e. The predicted octanol–water partition coefficient (Wildman–Crippen LogP) is 2.43. The fourth-order valence-corrected chi connectivity index (χ4v) is 4.64. The minimum atomic E-state index is 0.453. The molecule has 118 valence electrons. The molecule has 2 rings (SSSR count). The molecule has 0 aromatic heterocycles. The van der Waals surface area contributed by atoms with E-state index in [0.717, 1.165) is 12.0 Å². The highest BCUT2D eigenvalue weighted by Gasteiger charge is 2.39. The number of nitrogens with one attached hydrogen (secondary N) is 1. The predicted molar refractivity (Wildman–Crippen MR) is 87.1 cm³/mol. The van der Waals surface area contributed by atoms with Crippen molar-refractivity contribution in [2.45, 2.75) is 59.0 Å². The van der Waals surface area contributed by atoms with Crippen molar-refractivity contribution in [3.8, 4) is 0 Å². The van der Waals surface area contributed by atoms with Gasteiger partial charge in [-0.15, -0.1) is 0 Å². The molecule has 0 radical (unpaired) electrons. The third-order valence-electron chi connectivity index (χ3n) is 5.77. The van der Waals surface area contributed by atoms with Crippen LogP contribution in [-0.4, -0.2) is 61.7 Å². The van der Waals surface area contributed by atoms with Gasteiger partial charge in [0, 0.05) is 38.3 Å². The van der Waals surface area contributed by atoms with Crippen molar-refractivity contribution < 1.29 is 0 Å². The number of piperazine rings is 1. The average Bonchev–Trinajstić information content (AvgIpc) is 2.38. The molecule has 0 amide bonds. The maximum Gasteiger partial charge on any atom is 0.0195 e. The molecule has 3 heteroatoms. The molecule has 1 saturated heterocycles. The number of hydrogen-bond acceptors (Lipinski definition) is 3. The van der Waals surface area contributed by atoms with Crippen LogP contribution in [0.15, 0.2) is 0 Å². The van der Waals surface area contributed by atoms with Crippen LogP contribution in [0.2, 0.25) is 0 Å². The molecular formula is C17H35N3. The summed E-state index contributed by atoms with van der Waals surface area (Å²) in [6.07, 6.45) is 4.17. The van der Waals surface area contributed by atoms with Crippen LogP contribution in [-0.2, 0) is 0 Å². The van der Waals surface area contributed by atoms with E-state index in [4.69, 9.17) is 0 Å². The van der Waals surface area contributed by atoms with E-state index in [9.17, 15) is 0 Å². The topological polar surface area (TPSA) is 18.5 Å². The smallest absolute Gasteiger partial charge is 0.0195 e. The quantitative estimate of drug-likeness (QED) is 0.854. The summed E-state index contributed by atoms with van der Waals surface area (Å²) < 4.78 is 0. The molecule has 1 aliphatic carbocycles. The second kappa shape index (κ2) is 6.76. The monoisotopic (exact) mass is 281 g/mol. The third kappa shape index (κ3) is 3.55. The lowest BCUT2D eigenvalue weighted by Gasteiger charge is -2.47. The molecular weight excluding hydrogens is 246 g/mol. The van der Waals surface area contributed by atoms with Crippen LogP contribution in [0.25, 0.3) is 0 Å². The van der Waals surface area contributed by atoms with Gasteiger partial charge in [0.1, 0.15) is 0 Å². The van der Waals surface area contributed by atoms with Crippen LogP contribution in [0.1, 0.15) is 47.0 Å². The highest BCUT2D eigenvalue weighted by Crippen LogP contribution is 2.39. The lowest BCUT2D eigenvalue weighted by atomic mass is 9.68. The fraction of sp³-hybridized carbons (Fsp3) is 1.00. The molecule has 0 aromatic carbocycles. The number of likely N-dealkylation sites (N-methyl/N-ethyl adjacent to an activating group) is 1. The first kappa shape index (κ1) is 16.3. The van der Waals surface area contributed by atoms with Crippen LogP contribution >= 0.6 is 0 Å². The van der Waals surface area contributed by atoms with E-state index in [1.807, 2.05) is 0 Å². The number of nitrogens with zero attached hydrogens (tertiary/aromatic N) is 2. The Balaban J connectivity index is 1.92. The fourth-order valence-electron chi connectivity index (χ4n) is 4.64. The molecule has 1 N–H and O–H groups in total. The van der Waals surface area contributed by atoms with E-state index in [-0.39, 0.29) is 0 Å². The van der Waals surface area contributed by atoms with Crippen LogP contribution in [0.4, 0.5) is 0 Å². The van der Waals surface area contributed by atoms with E-state index in [0.29, 0.717) is 11.5 Å². The van der Waals surface area contributed by atoms with E-state index in [1.165, 1.54) is 52.0 Å². The van der Waals surface area contributed by atoms with Crippen LogP contribution in [0.5, 0.6) is 0 Å². The maximum absolute atomic E-state index is 3.63. The molecule has 3 unspecified atom stereocenters. The van der Waals surface area contributed by atoms with Gasteiger partial charge in [0.15, 0.2) is 0 Å². The second-order valence-corrected chi connectivity index (χ2v) is 7.64. The Kier molecular flexibility index (Phi) is 5.49. The SMILES string of the molecule is CCN1CCN(CC2CCCC(C)(C)C2NC)CC1C. The Hall–Kier alpha value is -0.120. The van der Waals surface area contributed by atoms with Crippen LogP contribution in [0.3, 0.4) is 0 Å². The second-order valence-electron chi connectivity index (χ2n) is 7.64. The van der Waals surface area contributed by atoms with Gasteiger partial charge in [-0.25, -0.2) is 0 Å². The zero-order valence-electron chi connectivity index (χ0n) is 14.3. The Labute approximate surface area is 126 Å². The van der Waals surface area contributed by atoms with Crippen molar-refractivity contribution in [3.05, 3.63) is 0 Å². The van der Waals surface area contributed by atoms with Crippen molar-refractivity contribution in [3.63, 3.8) is 0 Å². The normalized spacial score (nSPS) is 36.1. The van der Waals surface area contributed by atoms with Crippen molar-refractivity contribution in [2.75, 3.05) is 39.8 Å². The Morgan fingerprint density at radius 1 is 1.25 bits per heavy atom. The summed E-state index contributed by atoms with van der Waals surface area (Å²) in [4.78, 5) is 5.32. The molecule has 2 fully saturated rings. The first-order valence-corrected chi connectivity index (χ1v) is 8.61. The van der Waals surface area contributed by atoms with Gasteiger partial charge >= 0.3 is 0 Å². The van der Waals surface area contributed by atoms with Crippen LogP contribution < -0.4 is 5.32 Å². The van der Waals surface area contributed by atoms with Crippen molar-refractivity contribution in [1.29, 1.82) is 0 Å². The average molecular weight is 281 g/mol. The lowest BCUT2D eigenvalue weighted by molar-refractivity contribution is 0.0422. The van der Waals surface area contributed by atoms with Crippen molar-refractivity contribution in [1.82, 2.24) is 15.1 Å². The van der Waals surface area contributed by atoms with Gasteiger partial charge in [-0.3, -0.25) is 4.90 Å². The highest BCUT2D eigenvalue weighted by atomic mass is 15.3. The van der Waals surface area contributed by atoms with E-state index in [2.05, 4.69) is 49.9 Å². The van der Waals surface area contributed by atoms with E-state index in [1.54, 1.807) is 0 Å². The molecule has 0 bridgehead atoms. The summed E-state index contributed by atoms with van der Waals surface area (Å²) >= 11 is 0. The minimum absolute atomic E-state index is 0.453. The van der Waals surface area contributed by atoms with Gasteiger partial charge in [-0.2, -0.15) is 0 Å². The maximum atomic E-state index is 3.63. The molecule has 20 heavy (non-hydrogen) atoms. The van der Waals surface area contributed by atoms with Gasteiger partial charge in [0.25, 0.3) is 0 Å². The summed E-state index contributed by atoms with van der Waals surface area (Å²) in [6.45, 7) is 15.8. The summed E-state index contributed by atoms with van der Waals surface area (Å²) in [7, 11) is 2.16. The van der Waals surface area contributed by atoms with E-state index < -0.39 is 0 Å². The molecule has 1 saturated carbocycles. The molecule has 3 atom stereocenters. The minimum Gasteiger partial charge on any atom is -0.316 e. The van der Waals surface area contributed by atoms with Crippen molar-refractivity contribution in [2.24, 2.45) is 11.3 Å². The van der Waals surface area contributed by atoms with Crippen molar-refractivity contribution >= 4 is 0 Å². The summed E-state index contributed by atoms with van der Waals surface area (Å²) in [6, 6.07) is 1.40. The van der Waals surface area contributed by atoms with Gasteiger partial charge in [0.05, 0.1) is 0 Å². The summed E-state index contributed by atoms with van der Waals surface area (Å²) in [5.74, 6) is 0.823. The first-order valence-electron chi connectivity index (χ1n) is 8.61. The van der Waals surface area contributed by atoms with Gasteiger partial charge in [-0.1, -0.05) is 27.2 Å². The molecule has 3 nitrogen and oxygen atoms in total. The molecule has 0 spiro atoms. The van der Waals surface area contributed by atoms with Gasteiger partial charge < -0.3 is 10.2 Å². The Bertz CT molecular complexity index is 303. The Morgan fingerprint density at radius 3 is 2.60 bits per heavy atom. The zero-order chi connectivity index (χ0) is 14.8. The van der Waals surface area contributed by atoms with E-state index >= 15 is 0 Å². The third-order valence-corrected chi connectivity index (χ3v) is 5.77. The molecule has 1 aliphatic heterocycles. The lowest BCUT2D eigenvalue weighted by Crippen LogP contribution is -2.56. The molecule has 1 heterocycles. The van der Waals surface area contributed by atoms with Gasteiger partial charge in [0.2, 0.25) is 0 Å². The molecule has 0 aromatic rings. The number of hydrogen-bond donors (Lipinski definition) is 1. The molecule has 2 aliphatic rings. The van der Waals surface area contributed by atoms with Gasteiger partial charge in [-0.05, 0) is 44.7 Å². The number of rotatable bonds is 4. The summed E-state index contributed by atoms with van der Waals surface area (Å²) in [5.41, 5.74) is 0.453. The first-order chi connectivity index (χ1) is 9.47. The highest BCUT2D eigenvalue weighted by molar-refractivity contribution is 4.94. The summed E-state index contributed by atoms with van der Waals surface area (Å²) in [5, 5.41) is 3.63. The van der Waals surface area contributed by atoms with Crippen LogP contribution in [0, 0.1) is 11.3 Å². The standard InChI is InChI=1S/C17H35N3/c1-6-20-11-10-19(12-14(20)2)13-15-8-7-9-17(3,4)16(15)18-5/h14-16,18H,6-13H2,1-5H3.